The molecule has 8 nitrogen and oxygen atoms in total. The largest absolute Gasteiger partial charge is 0.350 e. The predicted molar refractivity (Wildman–Crippen MR) is 101 cm³/mol. The van der Waals surface area contributed by atoms with Crippen LogP contribution in [0.3, 0.4) is 0 Å². The highest BCUT2D eigenvalue weighted by atomic mass is 35.5. The lowest BCUT2D eigenvalue weighted by atomic mass is 10.2. The lowest BCUT2D eigenvalue weighted by Gasteiger charge is -2.10. The zero-order chi connectivity index (χ0) is 18.8. The van der Waals surface area contributed by atoms with Crippen molar-refractivity contribution in [3.63, 3.8) is 0 Å². The van der Waals surface area contributed by atoms with Gasteiger partial charge in [0.2, 0.25) is 11.9 Å². The van der Waals surface area contributed by atoms with Crippen molar-refractivity contribution >= 4 is 29.1 Å². The number of carbonyl (C=O) groups is 1. The van der Waals surface area contributed by atoms with E-state index in [1.165, 1.54) is 4.40 Å². The van der Waals surface area contributed by atoms with Crippen LogP contribution in [0, 0.1) is 0 Å². The monoisotopic (exact) mass is 382 g/mol. The number of hydrogen-bond acceptors (Lipinski definition) is 4. The van der Waals surface area contributed by atoms with Crippen LogP contribution in [0.4, 0.5) is 5.95 Å². The summed E-state index contributed by atoms with van der Waals surface area (Å²) in [6.07, 6.45) is 4.94. The van der Waals surface area contributed by atoms with Crippen molar-refractivity contribution in [3.8, 4) is 0 Å². The van der Waals surface area contributed by atoms with Gasteiger partial charge in [0.25, 0.3) is 0 Å². The maximum Gasteiger partial charge on any atom is 0.350 e. The van der Waals surface area contributed by atoms with Crippen LogP contribution in [0.25, 0.3) is 5.65 Å². The SMILES string of the molecule is O=C(Cn1nc2ccccn2c1=O)Nc1nccn1Cc1ccccc1Cl. The molecule has 0 radical (unpaired) electrons. The second-order valence-corrected chi connectivity index (χ2v) is 6.29. The molecule has 1 aromatic carbocycles. The van der Waals surface area contributed by atoms with Gasteiger partial charge in [-0.15, -0.1) is 5.10 Å². The van der Waals surface area contributed by atoms with Crippen molar-refractivity contribution in [2.75, 3.05) is 5.32 Å². The summed E-state index contributed by atoms with van der Waals surface area (Å²) in [5, 5.41) is 7.49. The third-order valence-electron chi connectivity index (χ3n) is 4.05. The van der Waals surface area contributed by atoms with Gasteiger partial charge in [0, 0.05) is 23.6 Å². The highest BCUT2D eigenvalue weighted by Crippen LogP contribution is 2.18. The minimum absolute atomic E-state index is 0.209. The number of imidazole rings is 1. The van der Waals surface area contributed by atoms with Gasteiger partial charge < -0.3 is 4.57 Å². The molecule has 3 aromatic heterocycles. The third kappa shape index (κ3) is 3.47. The molecule has 0 saturated heterocycles. The van der Waals surface area contributed by atoms with Crippen molar-refractivity contribution in [3.05, 3.63) is 82.1 Å². The number of fused-ring (bicyclic) bond motifs is 1. The molecule has 0 atom stereocenters. The van der Waals surface area contributed by atoms with Crippen molar-refractivity contribution in [2.45, 2.75) is 13.1 Å². The number of carbonyl (C=O) groups excluding carboxylic acids is 1. The summed E-state index contributed by atoms with van der Waals surface area (Å²) in [5.74, 6) is -0.0242. The molecule has 9 heteroatoms. The predicted octanol–water partition coefficient (Wildman–Crippen LogP) is 2.03. The Hall–Kier alpha value is -3.39. The van der Waals surface area contributed by atoms with E-state index in [2.05, 4.69) is 15.4 Å². The van der Waals surface area contributed by atoms with E-state index in [0.717, 1.165) is 10.2 Å². The fourth-order valence-corrected chi connectivity index (χ4v) is 2.94. The number of nitrogens with one attached hydrogen (secondary N) is 1. The van der Waals surface area contributed by atoms with E-state index in [1.807, 2.05) is 24.3 Å². The van der Waals surface area contributed by atoms with E-state index >= 15 is 0 Å². The molecule has 4 aromatic rings. The number of pyridine rings is 1. The summed E-state index contributed by atoms with van der Waals surface area (Å²) in [7, 11) is 0. The van der Waals surface area contributed by atoms with E-state index in [9.17, 15) is 9.59 Å². The van der Waals surface area contributed by atoms with E-state index in [0.29, 0.717) is 23.2 Å². The molecule has 0 bridgehead atoms. The summed E-state index contributed by atoms with van der Waals surface area (Å²) in [4.78, 5) is 28.8. The lowest BCUT2D eigenvalue weighted by molar-refractivity contribution is -0.117. The number of anilines is 1. The van der Waals surface area contributed by atoms with Gasteiger partial charge in [-0.3, -0.25) is 14.5 Å². The molecule has 4 rings (SSSR count). The Morgan fingerprint density at radius 2 is 1.93 bits per heavy atom. The first kappa shape index (κ1) is 17.0. The van der Waals surface area contributed by atoms with Gasteiger partial charge in [0.05, 0.1) is 6.54 Å². The number of hydrogen-bond donors (Lipinski definition) is 1. The number of amides is 1. The summed E-state index contributed by atoms with van der Waals surface area (Å²) in [6, 6.07) is 12.7. The van der Waals surface area contributed by atoms with Crippen LogP contribution >= 0.6 is 11.6 Å². The average Bonchev–Trinajstić information content (AvgIpc) is 3.22. The third-order valence-corrected chi connectivity index (χ3v) is 4.42. The molecule has 136 valence electrons. The maximum atomic E-state index is 12.4. The Labute approximate surface area is 158 Å². The first-order valence-electron chi connectivity index (χ1n) is 8.20. The van der Waals surface area contributed by atoms with E-state index in [4.69, 9.17) is 11.6 Å². The molecule has 0 spiro atoms. The number of nitrogens with zero attached hydrogens (tertiary/aromatic N) is 5. The van der Waals surface area contributed by atoms with Gasteiger partial charge in [0.1, 0.15) is 6.54 Å². The molecule has 0 aliphatic rings. The van der Waals surface area contributed by atoms with Gasteiger partial charge in [0.15, 0.2) is 5.65 Å². The van der Waals surface area contributed by atoms with Gasteiger partial charge in [-0.2, -0.15) is 0 Å². The zero-order valence-electron chi connectivity index (χ0n) is 14.1. The lowest BCUT2D eigenvalue weighted by Crippen LogP contribution is -2.29. The van der Waals surface area contributed by atoms with Gasteiger partial charge in [-0.05, 0) is 23.8 Å². The Morgan fingerprint density at radius 1 is 1.11 bits per heavy atom. The van der Waals surface area contributed by atoms with Gasteiger partial charge >= 0.3 is 5.69 Å². The standard InChI is InChI=1S/C18H15ClN6O2/c19-14-6-2-1-5-13(14)11-23-10-8-20-17(23)21-16(26)12-25-18(27)24-9-4-3-7-15(24)22-25/h1-10H,11-12H2,(H,20,21,26). The zero-order valence-corrected chi connectivity index (χ0v) is 14.9. The summed E-state index contributed by atoms with van der Waals surface area (Å²) in [5.41, 5.74) is 1.01. The number of halogens is 1. The van der Waals surface area contributed by atoms with Crippen LogP contribution in [-0.4, -0.2) is 29.6 Å². The minimum Gasteiger partial charge on any atom is -0.313 e. The van der Waals surface area contributed by atoms with Crippen molar-refractivity contribution in [2.24, 2.45) is 0 Å². The second-order valence-electron chi connectivity index (χ2n) is 5.89. The Balaban J connectivity index is 1.50. The number of rotatable bonds is 5. The molecule has 27 heavy (non-hydrogen) atoms. The van der Waals surface area contributed by atoms with Crippen molar-refractivity contribution in [1.29, 1.82) is 0 Å². The van der Waals surface area contributed by atoms with Crippen molar-refractivity contribution < 1.29 is 4.79 Å². The Bertz CT molecular complexity index is 1180. The highest BCUT2D eigenvalue weighted by Gasteiger charge is 2.13. The molecule has 1 N–H and O–H groups in total. The Morgan fingerprint density at radius 3 is 2.74 bits per heavy atom. The molecule has 3 heterocycles. The summed E-state index contributed by atoms with van der Waals surface area (Å²) in [6.45, 7) is 0.253. The second kappa shape index (κ2) is 7.08. The normalized spacial score (nSPS) is 11.0. The van der Waals surface area contributed by atoms with Crippen LogP contribution in [-0.2, 0) is 17.9 Å². The Kier molecular flexibility index (Phi) is 4.47. The quantitative estimate of drug-likeness (QED) is 0.572. The summed E-state index contributed by atoms with van der Waals surface area (Å²) >= 11 is 6.19. The van der Waals surface area contributed by atoms with Crippen LogP contribution in [0.15, 0.2) is 65.8 Å². The molecular formula is C18H15ClN6O2. The number of benzene rings is 1. The molecule has 0 saturated carbocycles. The molecule has 1 amide bonds. The van der Waals surface area contributed by atoms with Crippen LogP contribution < -0.4 is 11.0 Å². The minimum atomic E-state index is -0.396. The fraction of sp³-hybridized carbons (Fsp3) is 0.111. The molecular weight excluding hydrogens is 368 g/mol. The van der Waals surface area contributed by atoms with Crippen LogP contribution in [0.1, 0.15) is 5.56 Å². The first-order chi connectivity index (χ1) is 13.1. The van der Waals surface area contributed by atoms with Gasteiger partial charge in [-0.25, -0.2) is 14.5 Å². The molecule has 0 fully saturated rings. The van der Waals surface area contributed by atoms with E-state index < -0.39 is 5.91 Å². The average molecular weight is 383 g/mol. The van der Waals surface area contributed by atoms with E-state index in [1.54, 1.807) is 41.4 Å². The maximum absolute atomic E-state index is 12.4. The van der Waals surface area contributed by atoms with Crippen LogP contribution in [0.2, 0.25) is 5.02 Å². The molecule has 0 aliphatic carbocycles. The van der Waals surface area contributed by atoms with Gasteiger partial charge in [-0.1, -0.05) is 35.9 Å². The molecule has 0 unspecified atom stereocenters. The number of aromatic nitrogens is 5. The van der Waals surface area contributed by atoms with Crippen molar-refractivity contribution in [1.82, 2.24) is 23.7 Å². The summed E-state index contributed by atoms with van der Waals surface area (Å²) < 4.78 is 4.27. The van der Waals surface area contributed by atoms with E-state index in [-0.39, 0.29) is 12.2 Å². The fourth-order valence-electron chi connectivity index (χ4n) is 2.74. The van der Waals surface area contributed by atoms with Crippen LogP contribution in [0.5, 0.6) is 0 Å². The first-order valence-corrected chi connectivity index (χ1v) is 8.58. The topological polar surface area (TPSA) is 86.2 Å². The molecule has 0 aliphatic heterocycles. The smallest absolute Gasteiger partial charge is 0.313 e. The highest BCUT2D eigenvalue weighted by molar-refractivity contribution is 6.31.